The Hall–Kier alpha value is -1.93. The number of rotatable bonds is 2. The molecule has 0 aliphatic carbocycles. The maximum Gasteiger partial charge on any atom is 0.329 e. The minimum absolute atomic E-state index is 0.0349. The Morgan fingerprint density at radius 1 is 1.43 bits per heavy atom. The highest BCUT2D eigenvalue weighted by Gasteiger charge is 2.43. The molecule has 6 nitrogen and oxygen atoms in total. The van der Waals surface area contributed by atoms with Gasteiger partial charge in [-0.3, -0.25) is 9.89 Å². The number of aromatic amines is 1. The topological polar surface area (TPSA) is 78.1 Å². The standard InChI is InChI=1S/C14H11BrClFN4O2/c1-14(7-5-18-19-6-7)4-11(22)21(13(23)20-14)12-9(16)2-8(15)3-10(12)17/h2-3,5-6H,4H2,1H3,(H,18,19)(H,20,23)/t14-/m0/s1. The van der Waals surface area contributed by atoms with Crippen molar-refractivity contribution in [3.05, 3.63) is 45.4 Å². The van der Waals surface area contributed by atoms with Gasteiger partial charge < -0.3 is 5.32 Å². The van der Waals surface area contributed by atoms with Gasteiger partial charge in [0.25, 0.3) is 0 Å². The van der Waals surface area contributed by atoms with Gasteiger partial charge in [0.15, 0.2) is 0 Å². The van der Waals surface area contributed by atoms with Crippen LogP contribution in [0.2, 0.25) is 5.02 Å². The van der Waals surface area contributed by atoms with Crippen molar-refractivity contribution in [3.63, 3.8) is 0 Å². The predicted molar refractivity (Wildman–Crippen MR) is 85.7 cm³/mol. The summed E-state index contributed by atoms with van der Waals surface area (Å²) in [4.78, 5) is 25.7. The van der Waals surface area contributed by atoms with Gasteiger partial charge in [-0.05, 0) is 19.1 Å². The van der Waals surface area contributed by atoms with E-state index in [1.54, 1.807) is 13.1 Å². The molecule has 120 valence electrons. The first kappa shape index (κ1) is 15.9. The van der Waals surface area contributed by atoms with E-state index < -0.39 is 23.3 Å². The lowest BCUT2D eigenvalue weighted by Crippen LogP contribution is -2.59. The average molecular weight is 402 g/mol. The number of hydrogen-bond acceptors (Lipinski definition) is 3. The maximum absolute atomic E-state index is 14.2. The summed E-state index contributed by atoms with van der Waals surface area (Å²) in [6, 6.07) is 1.82. The van der Waals surface area contributed by atoms with Crippen LogP contribution >= 0.6 is 27.5 Å². The first-order valence-corrected chi connectivity index (χ1v) is 7.78. The third-order valence-corrected chi connectivity index (χ3v) is 4.43. The van der Waals surface area contributed by atoms with Crippen molar-refractivity contribution in [1.29, 1.82) is 0 Å². The number of urea groups is 1. The van der Waals surface area contributed by atoms with Crippen LogP contribution in [0, 0.1) is 5.82 Å². The summed E-state index contributed by atoms with van der Waals surface area (Å²) >= 11 is 9.12. The minimum Gasteiger partial charge on any atom is -0.327 e. The Bertz CT molecular complexity index is 755. The molecule has 0 radical (unpaired) electrons. The molecule has 2 heterocycles. The van der Waals surface area contributed by atoms with E-state index in [9.17, 15) is 14.0 Å². The highest BCUT2D eigenvalue weighted by Crippen LogP contribution is 2.37. The van der Waals surface area contributed by atoms with Crippen LogP contribution in [0.1, 0.15) is 18.9 Å². The van der Waals surface area contributed by atoms with E-state index in [0.29, 0.717) is 10.0 Å². The molecule has 9 heteroatoms. The Labute approximate surface area is 144 Å². The lowest BCUT2D eigenvalue weighted by Gasteiger charge is -2.38. The number of H-pyrrole nitrogens is 1. The van der Waals surface area contributed by atoms with Gasteiger partial charge in [-0.2, -0.15) is 5.10 Å². The van der Waals surface area contributed by atoms with Gasteiger partial charge in [-0.25, -0.2) is 14.1 Å². The fraction of sp³-hybridized carbons (Fsp3) is 0.214. The molecule has 0 spiro atoms. The van der Waals surface area contributed by atoms with Gasteiger partial charge in [0.2, 0.25) is 5.91 Å². The van der Waals surface area contributed by atoms with E-state index in [2.05, 4.69) is 31.4 Å². The molecule has 0 saturated carbocycles. The molecule has 3 amide bonds. The van der Waals surface area contributed by atoms with Gasteiger partial charge in [-0.15, -0.1) is 0 Å². The zero-order valence-corrected chi connectivity index (χ0v) is 14.2. The van der Waals surface area contributed by atoms with Gasteiger partial charge in [0, 0.05) is 16.2 Å². The largest absolute Gasteiger partial charge is 0.329 e. The fourth-order valence-electron chi connectivity index (χ4n) is 2.53. The van der Waals surface area contributed by atoms with Crippen LogP contribution in [0.15, 0.2) is 29.0 Å². The number of imide groups is 1. The van der Waals surface area contributed by atoms with Gasteiger partial charge in [0.05, 0.1) is 23.2 Å². The van der Waals surface area contributed by atoms with Crippen LogP contribution in [0.3, 0.4) is 0 Å². The van der Waals surface area contributed by atoms with Crippen molar-refractivity contribution >= 4 is 45.2 Å². The lowest BCUT2D eigenvalue weighted by atomic mass is 9.88. The van der Waals surface area contributed by atoms with Crippen LogP contribution in [-0.2, 0) is 10.3 Å². The van der Waals surface area contributed by atoms with Crippen LogP contribution in [0.5, 0.6) is 0 Å². The molecule has 1 saturated heterocycles. The Balaban J connectivity index is 1.99. The molecule has 1 aromatic carbocycles. The molecular weight excluding hydrogens is 391 g/mol. The van der Waals surface area contributed by atoms with Crippen LogP contribution in [0.25, 0.3) is 0 Å². The molecular formula is C14H11BrClFN4O2. The summed E-state index contributed by atoms with van der Waals surface area (Å²) in [5, 5.41) is 9.13. The van der Waals surface area contributed by atoms with Crippen molar-refractivity contribution < 1.29 is 14.0 Å². The number of halogens is 3. The molecule has 0 unspecified atom stereocenters. The molecule has 0 bridgehead atoms. The SMILES string of the molecule is C[C@@]1(c2cn[nH]c2)CC(=O)N(c2c(F)cc(Br)cc2Cl)C(=O)N1. The van der Waals surface area contributed by atoms with E-state index in [-0.39, 0.29) is 17.1 Å². The average Bonchev–Trinajstić information content (AvgIpc) is 2.95. The third kappa shape index (κ3) is 2.72. The number of aromatic nitrogens is 2. The first-order valence-electron chi connectivity index (χ1n) is 6.61. The highest BCUT2D eigenvalue weighted by atomic mass is 79.9. The second-order valence-corrected chi connectivity index (χ2v) is 6.70. The molecule has 2 aromatic rings. The first-order chi connectivity index (χ1) is 10.8. The molecule has 1 aliphatic heterocycles. The third-order valence-electron chi connectivity index (χ3n) is 3.68. The van der Waals surface area contributed by atoms with Crippen molar-refractivity contribution in [2.75, 3.05) is 4.90 Å². The summed E-state index contributed by atoms with van der Waals surface area (Å²) in [7, 11) is 0. The second-order valence-electron chi connectivity index (χ2n) is 5.37. The predicted octanol–water partition coefficient (Wildman–Crippen LogP) is 3.33. The van der Waals surface area contributed by atoms with Crippen LogP contribution < -0.4 is 10.2 Å². The molecule has 1 fully saturated rings. The van der Waals surface area contributed by atoms with Gasteiger partial charge in [0.1, 0.15) is 11.5 Å². The summed E-state index contributed by atoms with van der Waals surface area (Å²) in [6.45, 7) is 1.70. The number of nitrogens with one attached hydrogen (secondary N) is 2. The zero-order valence-electron chi connectivity index (χ0n) is 11.9. The number of nitrogens with zero attached hydrogens (tertiary/aromatic N) is 2. The zero-order chi connectivity index (χ0) is 16.8. The molecule has 3 rings (SSSR count). The molecule has 1 aliphatic rings. The molecule has 1 atom stereocenters. The highest BCUT2D eigenvalue weighted by molar-refractivity contribution is 9.10. The summed E-state index contributed by atoms with van der Waals surface area (Å²) in [5.74, 6) is -1.32. The number of hydrogen-bond donors (Lipinski definition) is 2. The van der Waals surface area contributed by atoms with Crippen LogP contribution in [-0.4, -0.2) is 22.1 Å². The Morgan fingerprint density at radius 2 is 2.17 bits per heavy atom. The maximum atomic E-state index is 14.2. The second kappa shape index (κ2) is 5.61. The molecule has 1 aromatic heterocycles. The number of carbonyl (C=O) groups excluding carboxylic acids is 2. The fourth-order valence-corrected chi connectivity index (χ4v) is 3.39. The monoisotopic (exact) mass is 400 g/mol. The van der Waals surface area contributed by atoms with E-state index >= 15 is 0 Å². The Morgan fingerprint density at radius 3 is 2.74 bits per heavy atom. The summed E-state index contributed by atoms with van der Waals surface area (Å²) < 4.78 is 14.6. The summed E-state index contributed by atoms with van der Waals surface area (Å²) in [6.07, 6.45) is 3.07. The smallest absolute Gasteiger partial charge is 0.327 e. The normalized spacial score (nSPS) is 21.5. The Kier molecular flexibility index (Phi) is 3.89. The van der Waals surface area contributed by atoms with Crippen molar-refractivity contribution in [2.24, 2.45) is 0 Å². The molecule has 2 N–H and O–H groups in total. The van der Waals surface area contributed by atoms with E-state index in [0.717, 1.165) is 11.0 Å². The van der Waals surface area contributed by atoms with Crippen molar-refractivity contribution in [1.82, 2.24) is 15.5 Å². The molecule has 23 heavy (non-hydrogen) atoms. The van der Waals surface area contributed by atoms with Gasteiger partial charge in [-0.1, -0.05) is 27.5 Å². The van der Waals surface area contributed by atoms with Crippen molar-refractivity contribution in [2.45, 2.75) is 18.9 Å². The van der Waals surface area contributed by atoms with E-state index in [1.807, 2.05) is 0 Å². The quantitative estimate of drug-likeness (QED) is 0.810. The number of benzene rings is 1. The summed E-state index contributed by atoms with van der Waals surface area (Å²) in [5.41, 5.74) is -0.525. The minimum atomic E-state index is -0.921. The van der Waals surface area contributed by atoms with E-state index in [4.69, 9.17) is 11.6 Å². The van der Waals surface area contributed by atoms with Crippen LogP contribution in [0.4, 0.5) is 14.9 Å². The number of amides is 3. The number of carbonyl (C=O) groups is 2. The van der Waals surface area contributed by atoms with Crippen molar-refractivity contribution in [3.8, 4) is 0 Å². The lowest BCUT2D eigenvalue weighted by molar-refractivity contribution is -0.120. The number of anilines is 1. The van der Waals surface area contributed by atoms with Gasteiger partial charge >= 0.3 is 6.03 Å². The van der Waals surface area contributed by atoms with E-state index in [1.165, 1.54) is 12.3 Å².